The van der Waals surface area contributed by atoms with Gasteiger partial charge in [-0.25, -0.2) is 17.6 Å². The van der Waals surface area contributed by atoms with E-state index in [-0.39, 0.29) is 22.1 Å². The Hall–Kier alpha value is -2.94. The van der Waals surface area contributed by atoms with E-state index in [0.717, 1.165) is 24.3 Å². The molecule has 0 saturated heterocycles. The number of likely N-dealkylation sites (N-methyl/N-ethyl adjacent to an activating group) is 1. The van der Waals surface area contributed by atoms with E-state index in [1.807, 2.05) is 0 Å². The predicted octanol–water partition coefficient (Wildman–Crippen LogP) is 2.26. The second-order valence-electron chi connectivity index (χ2n) is 5.92. The Bertz CT molecular complexity index is 925. The maximum Gasteiger partial charge on any atom is 0.338 e. The number of benzene rings is 2. The average Bonchev–Trinajstić information content (AvgIpc) is 2.61. The Morgan fingerprint density at radius 1 is 1.04 bits per heavy atom. The molecule has 1 amide bonds. The van der Waals surface area contributed by atoms with E-state index >= 15 is 0 Å². The van der Waals surface area contributed by atoms with Gasteiger partial charge in [-0.1, -0.05) is 0 Å². The molecule has 1 N–H and O–H groups in total. The largest absolute Gasteiger partial charge is 0.449 e. The minimum absolute atomic E-state index is 0.0941. The number of hydrogen-bond acceptors (Lipinski definition) is 5. The molecule has 9 heteroatoms. The molecule has 2 aromatic rings. The number of nitrogens with one attached hydrogen (secondary N) is 1. The monoisotopic (exact) mass is 394 g/mol. The topological polar surface area (TPSA) is 92.8 Å². The second-order valence-corrected chi connectivity index (χ2v) is 7.60. The highest BCUT2D eigenvalue weighted by molar-refractivity contribution is 7.92. The van der Waals surface area contributed by atoms with Gasteiger partial charge in [0.05, 0.1) is 10.5 Å². The molecule has 0 radical (unpaired) electrons. The first-order chi connectivity index (χ1) is 12.6. The summed E-state index contributed by atoms with van der Waals surface area (Å²) < 4.78 is 44.8. The number of ether oxygens (including phenoxy) is 1. The number of anilines is 1. The maximum absolute atomic E-state index is 12.9. The summed E-state index contributed by atoms with van der Waals surface area (Å²) in [5.74, 6) is -1.60. The van der Waals surface area contributed by atoms with Crippen molar-refractivity contribution >= 4 is 27.6 Å². The van der Waals surface area contributed by atoms with Gasteiger partial charge in [0, 0.05) is 19.8 Å². The Morgan fingerprint density at radius 3 is 2.11 bits per heavy atom. The van der Waals surface area contributed by atoms with E-state index in [2.05, 4.69) is 4.72 Å². The standard InChI is InChI=1S/C18H19FN2O5S/c1-12(17(22)21(2)3)26-18(23)13-4-8-15(9-5-13)20-27(24,25)16-10-6-14(19)7-11-16/h4-12,20H,1-3H3/t12-/m1/s1. The molecule has 0 spiro atoms. The van der Waals surface area contributed by atoms with Crippen molar-refractivity contribution in [2.45, 2.75) is 17.9 Å². The molecule has 2 rings (SSSR count). The van der Waals surface area contributed by atoms with Gasteiger partial charge in [-0.3, -0.25) is 9.52 Å². The van der Waals surface area contributed by atoms with Crippen molar-refractivity contribution in [2.24, 2.45) is 0 Å². The van der Waals surface area contributed by atoms with Gasteiger partial charge in [0.15, 0.2) is 6.10 Å². The third-order valence-corrected chi connectivity index (χ3v) is 4.97. The van der Waals surface area contributed by atoms with Crippen molar-refractivity contribution in [3.63, 3.8) is 0 Å². The zero-order valence-electron chi connectivity index (χ0n) is 15.0. The molecule has 0 aliphatic carbocycles. The SMILES string of the molecule is C[C@@H](OC(=O)c1ccc(NS(=O)(=O)c2ccc(F)cc2)cc1)C(=O)N(C)C. The normalized spacial score (nSPS) is 12.1. The van der Waals surface area contributed by atoms with Crippen LogP contribution in [0.25, 0.3) is 0 Å². The molecule has 0 aliphatic rings. The molecule has 7 nitrogen and oxygen atoms in total. The lowest BCUT2D eigenvalue weighted by Gasteiger charge is -2.17. The van der Waals surface area contributed by atoms with Crippen LogP contribution in [0.15, 0.2) is 53.4 Å². The Balaban J connectivity index is 2.07. The number of sulfonamides is 1. The van der Waals surface area contributed by atoms with E-state index in [0.29, 0.717) is 0 Å². The fraction of sp³-hybridized carbons (Fsp3) is 0.222. The summed E-state index contributed by atoms with van der Waals surface area (Å²) in [6.07, 6.45) is -0.941. The average molecular weight is 394 g/mol. The Labute approximate surface area is 156 Å². The maximum atomic E-state index is 12.9. The third kappa shape index (κ3) is 5.27. The number of halogens is 1. The van der Waals surface area contributed by atoms with E-state index < -0.39 is 27.9 Å². The van der Waals surface area contributed by atoms with Gasteiger partial charge < -0.3 is 9.64 Å². The number of rotatable bonds is 6. The van der Waals surface area contributed by atoms with Crippen LogP contribution in [-0.2, 0) is 19.6 Å². The molecule has 0 aromatic heterocycles. The van der Waals surface area contributed by atoms with E-state index in [1.165, 1.54) is 36.1 Å². The summed E-state index contributed by atoms with van der Waals surface area (Å²) >= 11 is 0. The van der Waals surface area contributed by atoms with E-state index in [9.17, 15) is 22.4 Å². The fourth-order valence-corrected chi connectivity index (χ4v) is 3.20. The van der Waals surface area contributed by atoms with Crippen molar-refractivity contribution < 1.29 is 27.1 Å². The Kier molecular flexibility index (Phi) is 6.17. The fourth-order valence-electron chi connectivity index (χ4n) is 2.14. The van der Waals surface area contributed by atoms with Gasteiger partial charge in [0.25, 0.3) is 15.9 Å². The summed E-state index contributed by atoms with van der Waals surface area (Å²) in [5, 5.41) is 0. The number of nitrogens with zero attached hydrogens (tertiary/aromatic N) is 1. The van der Waals surface area contributed by atoms with Crippen molar-refractivity contribution in [3.8, 4) is 0 Å². The number of amides is 1. The van der Waals surface area contributed by atoms with Crippen molar-refractivity contribution in [3.05, 3.63) is 59.9 Å². The summed E-state index contributed by atoms with van der Waals surface area (Å²) in [6, 6.07) is 9.90. The molecular weight excluding hydrogens is 375 g/mol. The molecular formula is C18H19FN2O5S. The van der Waals surface area contributed by atoms with Gasteiger partial charge in [-0.2, -0.15) is 0 Å². The highest BCUT2D eigenvalue weighted by atomic mass is 32.2. The number of esters is 1. The first-order valence-electron chi connectivity index (χ1n) is 7.91. The lowest BCUT2D eigenvalue weighted by molar-refractivity contribution is -0.137. The molecule has 0 saturated carbocycles. The molecule has 27 heavy (non-hydrogen) atoms. The van der Waals surface area contributed by atoms with Gasteiger partial charge in [-0.15, -0.1) is 0 Å². The van der Waals surface area contributed by atoms with Crippen LogP contribution in [0.3, 0.4) is 0 Å². The Morgan fingerprint density at radius 2 is 1.59 bits per heavy atom. The van der Waals surface area contributed by atoms with E-state index in [1.54, 1.807) is 14.1 Å². The van der Waals surface area contributed by atoms with Gasteiger partial charge in [0.1, 0.15) is 5.82 Å². The number of carbonyl (C=O) groups excluding carboxylic acids is 2. The van der Waals surface area contributed by atoms with E-state index in [4.69, 9.17) is 4.74 Å². The summed E-state index contributed by atoms with van der Waals surface area (Å²) in [6.45, 7) is 1.46. The van der Waals surface area contributed by atoms with Gasteiger partial charge in [-0.05, 0) is 55.5 Å². The van der Waals surface area contributed by atoms with Crippen LogP contribution in [0, 0.1) is 5.82 Å². The minimum atomic E-state index is -3.89. The third-order valence-electron chi connectivity index (χ3n) is 3.57. The molecule has 0 fully saturated rings. The van der Waals surface area contributed by atoms with Crippen LogP contribution in [0.1, 0.15) is 17.3 Å². The number of carbonyl (C=O) groups is 2. The molecule has 0 aliphatic heterocycles. The van der Waals surface area contributed by atoms with Crippen LogP contribution in [0.5, 0.6) is 0 Å². The van der Waals surface area contributed by atoms with Crippen LogP contribution in [0.4, 0.5) is 10.1 Å². The van der Waals surface area contributed by atoms with Gasteiger partial charge >= 0.3 is 5.97 Å². The van der Waals surface area contributed by atoms with Crippen LogP contribution < -0.4 is 4.72 Å². The number of hydrogen-bond donors (Lipinski definition) is 1. The summed E-state index contributed by atoms with van der Waals surface area (Å²) in [5.41, 5.74) is 0.381. The quantitative estimate of drug-likeness (QED) is 0.759. The van der Waals surface area contributed by atoms with Crippen molar-refractivity contribution in [2.75, 3.05) is 18.8 Å². The minimum Gasteiger partial charge on any atom is -0.449 e. The highest BCUT2D eigenvalue weighted by Crippen LogP contribution is 2.17. The lowest BCUT2D eigenvalue weighted by atomic mass is 10.2. The molecule has 0 unspecified atom stereocenters. The van der Waals surface area contributed by atoms with Crippen molar-refractivity contribution in [1.82, 2.24) is 4.90 Å². The predicted molar refractivity (Wildman–Crippen MR) is 97.2 cm³/mol. The summed E-state index contributed by atoms with van der Waals surface area (Å²) in [4.78, 5) is 25.0. The molecule has 0 bridgehead atoms. The highest BCUT2D eigenvalue weighted by Gasteiger charge is 2.20. The van der Waals surface area contributed by atoms with Crippen molar-refractivity contribution in [1.29, 1.82) is 0 Å². The molecule has 2 aromatic carbocycles. The first-order valence-corrected chi connectivity index (χ1v) is 9.39. The lowest BCUT2D eigenvalue weighted by Crippen LogP contribution is -2.34. The van der Waals surface area contributed by atoms with Crippen LogP contribution in [-0.4, -0.2) is 45.4 Å². The smallest absolute Gasteiger partial charge is 0.338 e. The molecule has 1 atom stereocenters. The van der Waals surface area contributed by atoms with Gasteiger partial charge in [0.2, 0.25) is 0 Å². The molecule has 0 heterocycles. The second kappa shape index (κ2) is 8.17. The first kappa shape index (κ1) is 20.4. The molecule has 144 valence electrons. The van der Waals surface area contributed by atoms with Crippen LogP contribution >= 0.6 is 0 Å². The van der Waals surface area contributed by atoms with Crippen LogP contribution in [0.2, 0.25) is 0 Å². The zero-order valence-corrected chi connectivity index (χ0v) is 15.8. The summed E-state index contributed by atoms with van der Waals surface area (Å²) in [7, 11) is -0.785. The zero-order chi connectivity index (χ0) is 20.2.